The molecule has 0 radical (unpaired) electrons. The molecular formula is C16H20N+. The second-order valence-electron chi connectivity index (χ2n) is 4.02. The van der Waals surface area contributed by atoms with Crippen molar-refractivity contribution < 1.29 is 16.9 Å². The molecule has 0 N–H and O–H groups in total. The molecule has 0 unspecified atom stereocenters. The van der Waals surface area contributed by atoms with Crippen LogP contribution in [0.25, 0.3) is 11.3 Å². The third-order valence-corrected chi connectivity index (χ3v) is 2.95. The summed E-state index contributed by atoms with van der Waals surface area (Å²) in [5.41, 5.74) is 1.01. The molecule has 0 aliphatic rings. The Bertz CT molecular complexity index is 829. The SMILES string of the molecule is [2H]C([2H])([2H])c1cccc(-c2c(C([2H])([2H])[2H])ccc(C([2H])([2H])[2H])[n+]2C)c1C. The minimum Gasteiger partial charge on any atom is -0.198 e. The second kappa shape index (κ2) is 4.33. The second-order valence-corrected chi connectivity index (χ2v) is 4.02. The van der Waals surface area contributed by atoms with Crippen molar-refractivity contribution in [2.24, 2.45) is 7.05 Å². The maximum atomic E-state index is 7.80. The molecule has 0 saturated carbocycles. The monoisotopic (exact) mass is 235 g/mol. The number of hydrogen-bond donors (Lipinski definition) is 0. The summed E-state index contributed by atoms with van der Waals surface area (Å²) in [6.45, 7) is -5.68. The van der Waals surface area contributed by atoms with Gasteiger partial charge >= 0.3 is 0 Å². The van der Waals surface area contributed by atoms with E-state index in [0.29, 0.717) is 11.1 Å². The first-order valence-electron chi connectivity index (χ1n) is 9.80. The molecule has 0 aliphatic carbocycles. The molecule has 0 saturated heterocycles. The van der Waals surface area contributed by atoms with Crippen LogP contribution in [0, 0.1) is 27.5 Å². The molecule has 0 spiro atoms. The van der Waals surface area contributed by atoms with Gasteiger partial charge in [-0.25, -0.2) is 0 Å². The Morgan fingerprint density at radius 3 is 2.53 bits per heavy atom. The number of nitrogens with zero attached hydrogens (tertiary/aromatic N) is 1. The van der Waals surface area contributed by atoms with E-state index < -0.39 is 20.6 Å². The summed E-state index contributed by atoms with van der Waals surface area (Å²) >= 11 is 0. The van der Waals surface area contributed by atoms with Crippen LogP contribution in [0.3, 0.4) is 0 Å². The maximum Gasteiger partial charge on any atom is 0.215 e. The topological polar surface area (TPSA) is 3.88 Å². The fourth-order valence-electron chi connectivity index (χ4n) is 1.87. The average Bonchev–Trinajstić information content (AvgIpc) is 2.44. The quantitative estimate of drug-likeness (QED) is 0.667. The Labute approximate surface area is 116 Å². The van der Waals surface area contributed by atoms with Crippen LogP contribution >= 0.6 is 0 Å². The fourth-order valence-corrected chi connectivity index (χ4v) is 1.87. The lowest BCUT2D eigenvalue weighted by Crippen LogP contribution is -2.35. The number of aromatic nitrogens is 1. The predicted molar refractivity (Wildman–Crippen MR) is 72.0 cm³/mol. The zero-order valence-corrected chi connectivity index (χ0v) is 9.83. The van der Waals surface area contributed by atoms with Gasteiger partial charge in [-0.05, 0) is 43.9 Å². The smallest absolute Gasteiger partial charge is 0.198 e. The minimum absolute atomic E-state index is 0.0285. The van der Waals surface area contributed by atoms with E-state index in [0.717, 1.165) is 0 Å². The maximum absolute atomic E-state index is 7.80. The molecule has 2 aromatic rings. The molecular weight excluding hydrogens is 206 g/mol. The highest BCUT2D eigenvalue weighted by atomic mass is 14.9. The predicted octanol–water partition coefficient (Wildman–Crippen LogP) is 3.41. The number of hydrogen-bond acceptors (Lipinski definition) is 0. The van der Waals surface area contributed by atoms with E-state index in [-0.39, 0.29) is 22.5 Å². The van der Waals surface area contributed by atoms with Gasteiger partial charge < -0.3 is 0 Å². The molecule has 0 aliphatic heterocycles. The molecule has 1 aromatic carbocycles. The van der Waals surface area contributed by atoms with Gasteiger partial charge in [0.2, 0.25) is 5.69 Å². The van der Waals surface area contributed by atoms with Crippen LogP contribution in [-0.2, 0) is 7.05 Å². The highest BCUT2D eigenvalue weighted by molar-refractivity contribution is 5.65. The minimum atomic E-state index is -2.48. The molecule has 0 bridgehead atoms. The van der Waals surface area contributed by atoms with E-state index in [1.54, 1.807) is 13.0 Å². The van der Waals surface area contributed by atoms with Gasteiger partial charge in [-0.15, -0.1) is 0 Å². The first kappa shape index (κ1) is 4.93. The fraction of sp³-hybridized carbons (Fsp3) is 0.312. The van der Waals surface area contributed by atoms with Crippen molar-refractivity contribution in [3.63, 3.8) is 0 Å². The third kappa shape index (κ3) is 1.97. The van der Waals surface area contributed by atoms with Crippen LogP contribution in [0.1, 0.15) is 34.7 Å². The molecule has 2 rings (SSSR count). The summed E-state index contributed by atoms with van der Waals surface area (Å²) in [4.78, 5) is 0. The van der Waals surface area contributed by atoms with Crippen LogP contribution in [0.2, 0.25) is 0 Å². The Balaban J connectivity index is 2.93. The van der Waals surface area contributed by atoms with Crippen molar-refractivity contribution in [1.82, 2.24) is 0 Å². The normalized spacial score (nSPS) is 20.7. The molecule has 1 heteroatoms. The van der Waals surface area contributed by atoms with Crippen molar-refractivity contribution >= 4 is 0 Å². The third-order valence-electron chi connectivity index (χ3n) is 2.95. The average molecular weight is 235 g/mol. The van der Waals surface area contributed by atoms with Crippen molar-refractivity contribution in [1.29, 1.82) is 0 Å². The van der Waals surface area contributed by atoms with Gasteiger partial charge in [-0.2, -0.15) is 4.57 Å². The Hall–Kier alpha value is -1.63. The summed E-state index contributed by atoms with van der Waals surface area (Å²) in [7, 11) is 1.48. The molecule has 1 aromatic heterocycles. The Morgan fingerprint density at radius 2 is 1.82 bits per heavy atom. The molecule has 1 heterocycles. The first-order chi connectivity index (χ1) is 11.7. The number of aryl methyl sites for hydroxylation is 3. The van der Waals surface area contributed by atoms with Gasteiger partial charge in [0.25, 0.3) is 0 Å². The zero-order valence-electron chi connectivity index (χ0n) is 18.8. The number of pyridine rings is 1. The largest absolute Gasteiger partial charge is 0.215 e. The Kier molecular flexibility index (Phi) is 1.25. The van der Waals surface area contributed by atoms with Crippen LogP contribution in [0.5, 0.6) is 0 Å². The number of benzene rings is 1. The van der Waals surface area contributed by atoms with E-state index in [1.807, 2.05) is 0 Å². The number of rotatable bonds is 1. The highest BCUT2D eigenvalue weighted by Gasteiger charge is 2.17. The van der Waals surface area contributed by atoms with Crippen LogP contribution < -0.4 is 4.57 Å². The van der Waals surface area contributed by atoms with Gasteiger partial charge in [0.1, 0.15) is 7.05 Å². The molecule has 88 valence electrons. The summed E-state index contributed by atoms with van der Waals surface area (Å²) in [5.74, 6) is 0. The van der Waals surface area contributed by atoms with Gasteiger partial charge in [-0.3, -0.25) is 0 Å². The molecule has 0 amide bonds. The molecule has 17 heavy (non-hydrogen) atoms. The summed E-state index contributed by atoms with van der Waals surface area (Å²) in [5, 5.41) is 0. The van der Waals surface area contributed by atoms with Crippen LogP contribution in [0.15, 0.2) is 30.3 Å². The molecule has 0 fully saturated rings. The van der Waals surface area contributed by atoms with Gasteiger partial charge in [-0.1, -0.05) is 12.1 Å². The lowest BCUT2D eigenvalue weighted by atomic mass is 9.97. The van der Waals surface area contributed by atoms with Crippen molar-refractivity contribution in [2.45, 2.75) is 27.5 Å². The molecule has 1 nitrogen and oxygen atoms in total. The summed E-state index contributed by atoms with van der Waals surface area (Å²) in [6, 6.07) is 7.18. The van der Waals surface area contributed by atoms with E-state index in [4.69, 9.17) is 12.3 Å². The van der Waals surface area contributed by atoms with E-state index in [1.165, 1.54) is 35.9 Å². The van der Waals surface area contributed by atoms with Crippen LogP contribution in [0.4, 0.5) is 0 Å². The van der Waals surface area contributed by atoms with Gasteiger partial charge in [0, 0.05) is 36.4 Å². The Morgan fingerprint density at radius 1 is 1.00 bits per heavy atom. The van der Waals surface area contributed by atoms with E-state index in [9.17, 15) is 0 Å². The van der Waals surface area contributed by atoms with Crippen molar-refractivity contribution in [3.05, 3.63) is 52.7 Å². The summed E-state index contributed by atoms with van der Waals surface area (Å²) < 4.78 is 70.8. The van der Waals surface area contributed by atoms with Gasteiger partial charge in [0.15, 0.2) is 5.69 Å². The zero-order chi connectivity index (χ0) is 20.1. The first-order valence-corrected chi connectivity index (χ1v) is 5.30. The van der Waals surface area contributed by atoms with E-state index >= 15 is 0 Å². The van der Waals surface area contributed by atoms with Gasteiger partial charge in [0.05, 0.1) is 0 Å². The lowest BCUT2D eigenvalue weighted by Gasteiger charge is -2.10. The standard InChI is InChI=1S/C16H20N/c1-11-7-6-8-15(14(11)4)16-12(2)9-10-13(3)17(16)5/h6-10H,1-5H3/q+1/i1D3,2D3,3D3. The molecule has 0 atom stereocenters. The van der Waals surface area contributed by atoms with E-state index in [2.05, 4.69) is 0 Å². The summed E-state index contributed by atoms with van der Waals surface area (Å²) in [6.07, 6.45) is 0. The van der Waals surface area contributed by atoms with Crippen molar-refractivity contribution in [3.8, 4) is 11.3 Å². The highest BCUT2D eigenvalue weighted by Crippen LogP contribution is 2.25. The van der Waals surface area contributed by atoms with Crippen molar-refractivity contribution in [2.75, 3.05) is 0 Å². The lowest BCUT2D eigenvalue weighted by molar-refractivity contribution is -0.667. The van der Waals surface area contributed by atoms with Crippen LogP contribution in [-0.4, -0.2) is 0 Å².